The molecule has 0 bridgehead atoms. The molecule has 4 rings (SSSR count). The molecule has 0 atom stereocenters. The van der Waals surface area contributed by atoms with Gasteiger partial charge in [-0.25, -0.2) is 4.79 Å². The van der Waals surface area contributed by atoms with Crippen LogP contribution in [0.5, 0.6) is 11.5 Å². The highest BCUT2D eigenvalue weighted by molar-refractivity contribution is 6.01. The lowest BCUT2D eigenvalue weighted by Crippen LogP contribution is -2.20. The van der Waals surface area contributed by atoms with Gasteiger partial charge in [-0.2, -0.15) is 5.10 Å². The number of rotatable bonds is 3. The number of amides is 2. The molecule has 0 spiro atoms. The molecule has 7 nitrogen and oxygen atoms in total. The Balaban J connectivity index is 1.46. The summed E-state index contributed by atoms with van der Waals surface area (Å²) in [4.78, 5) is 12.4. The molecule has 27 heavy (non-hydrogen) atoms. The Morgan fingerprint density at radius 2 is 1.96 bits per heavy atom. The van der Waals surface area contributed by atoms with E-state index in [2.05, 4.69) is 33.0 Å². The molecule has 0 saturated heterocycles. The fourth-order valence-corrected chi connectivity index (χ4v) is 2.92. The summed E-state index contributed by atoms with van der Waals surface area (Å²) < 4.78 is 11.0. The molecule has 138 valence electrons. The van der Waals surface area contributed by atoms with Crippen molar-refractivity contribution in [3.05, 3.63) is 60.5 Å². The second kappa shape index (κ2) is 7.82. The maximum atomic E-state index is 12.4. The monoisotopic (exact) mass is 364 g/mol. The van der Waals surface area contributed by atoms with Crippen LogP contribution in [0.2, 0.25) is 0 Å². The van der Waals surface area contributed by atoms with Gasteiger partial charge in [0.15, 0.2) is 11.5 Å². The summed E-state index contributed by atoms with van der Waals surface area (Å²) in [5, 5.41) is 12.8. The number of allylic oxidation sites excluding steroid dienone is 6. The van der Waals surface area contributed by atoms with Crippen LogP contribution in [0.25, 0.3) is 5.57 Å². The number of carbonyl (C=O) groups excluding carboxylic acids is 1. The molecule has 0 unspecified atom stereocenters. The van der Waals surface area contributed by atoms with Crippen LogP contribution < -0.4 is 20.1 Å². The first-order valence-corrected chi connectivity index (χ1v) is 8.85. The van der Waals surface area contributed by atoms with Crippen LogP contribution in [-0.2, 0) is 0 Å². The number of aromatic amines is 1. The van der Waals surface area contributed by atoms with Crippen molar-refractivity contribution in [1.29, 1.82) is 0 Å². The molecular formula is C20H20N4O3. The van der Waals surface area contributed by atoms with Crippen LogP contribution in [-0.4, -0.2) is 29.4 Å². The second-order valence-electron chi connectivity index (χ2n) is 6.11. The van der Waals surface area contributed by atoms with Gasteiger partial charge in [0.05, 0.1) is 5.69 Å². The highest BCUT2D eigenvalue weighted by Gasteiger charge is 2.15. The summed E-state index contributed by atoms with van der Waals surface area (Å²) in [6, 6.07) is 4.95. The zero-order valence-corrected chi connectivity index (χ0v) is 14.7. The number of hydrogen-bond acceptors (Lipinski definition) is 4. The average Bonchev–Trinajstić information content (AvgIpc) is 3.09. The van der Waals surface area contributed by atoms with Crippen LogP contribution in [0.3, 0.4) is 0 Å². The molecule has 0 radical (unpaired) electrons. The molecule has 2 aliphatic rings. The van der Waals surface area contributed by atoms with Crippen molar-refractivity contribution in [1.82, 2.24) is 10.2 Å². The van der Waals surface area contributed by atoms with E-state index in [1.807, 2.05) is 18.2 Å². The van der Waals surface area contributed by atoms with Crippen LogP contribution in [0.1, 0.15) is 18.5 Å². The minimum absolute atomic E-state index is 0.357. The van der Waals surface area contributed by atoms with Crippen molar-refractivity contribution in [2.45, 2.75) is 12.8 Å². The number of urea groups is 1. The molecule has 1 aliphatic carbocycles. The average molecular weight is 364 g/mol. The molecule has 0 fully saturated rings. The molecule has 2 heterocycles. The molecule has 1 aromatic heterocycles. The van der Waals surface area contributed by atoms with Gasteiger partial charge in [0, 0.05) is 23.5 Å². The number of H-pyrrole nitrogens is 1. The second-order valence-corrected chi connectivity index (χ2v) is 6.11. The molecule has 3 N–H and O–H groups in total. The topological polar surface area (TPSA) is 88.3 Å². The maximum Gasteiger partial charge on any atom is 0.323 e. The van der Waals surface area contributed by atoms with E-state index in [4.69, 9.17) is 9.47 Å². The van der Waals surface area contributed by atoms with E-state index in [0.717, 1.165) is 18.4 Å². The number of nitrogens with one attached hydrogen (secondary N) is 3. The third-order valence-electron chi connectivity index (χ3n) is 4.18. The van der Waals surface area contributed by atoms with Crippen LogP contribution in [0, 0.1) is 0 Å². The third kappa shape index (κ3) is 4.03. The lowest BCUT2D eigenvalue weighted by molar-refractivity contribution is 0.171. The van der Waals surface area contributed by atoms with E-state index in [0.29, 0.717) is 41.8 Å². The van der Waals surface area contributed by atoms with Gasteiger partial charge in [0.25, 0.3) is 0 Å². The summed E-state index contributed by atoms with van der Waals surface area (Å²) in [6.45, 7) is 1.03. The van der Waals surface area contributed by atoms with Gasteiger partial charge in [0.1, 0.15) is 18.9 Å². The van der Waals surface area contributed by atoms with Crippen molar-refractivity contribution in [2.75, 3.05) is 23.8 Å². The minimum atomic E-state index is -0.357. The van der Waals surface area contributed by atoms with Crippen LogP contribution in [0.15, 0.2) is 54.8 Å². The molecule has 1 aromatic carbocycles. The smallest absolute Gasteiger partial charge is 0.323 e. The Morgan fingerprint density at radius 3 is 2.89 bits per heavy atom. The summed E-state index contributed by atoms with van der Waals surface area (Å²) in [7, 11) is 0. The fraction of sp³-hybridized carbons (Fsp3) is 0.200. The predicted molar refractivity (Wildman–Crippen MR) is 104 cm³/mol. The summed E-state index contributed by atoms with van der Waals surface area (Å²) in [5.41, 5.74) is 2.91. The van der Waals surface area contributed by atoms with E-state index < -0.39 is 0 Å². The largest absolute Gasteiger partial charge is 0.486 e. The van der Waals surface area contributed by atoms with Crippen LogP contribution >= 0.6 is 0 Å². The molecule has 0 saturated carbocycles. The van der Waals surface area contributed by atoms with Gasteiger partial charge in [-0.3, -0.25) is 5.10 Å². The molecular weight excluding hydrogens is 344 g/mol. The van der Waals surface area contributed by atoms with Crippen molar-refractivity contribution in [2.24, 2.45) is 0 Å². The molecule has 2 amide bonds. The molecule has 7 heteroatoms. The number of ether oxygens (including phenoxy) is 2. The molecule has 1 aliphatic heterocycles. The SMILES string of the molecule is O=C(Nc1ccc2c(c1)OCCO2)Nc1c[nH]nc1C1=C/CC/C=C/C=C\1. The van der Waals surface area contributed by atoms with E-state index in [9.17, 15) is 4.79 Å². The van der Waals surface area contributed by atoms with Gasteiger partial charge >= 0.3 is 6.03 Å². The minimum Gasteiger partial charge on any atom is -0.486 e. The third-order valence-corrected chi connectivity index (χ3v) is 4.18. The zero-order valence-electron chi connectivity index (χ0n) is 14.7. The summed E-state index contributed by atoms with van der Waals surface area (Å²) in [6.07, 6.45) is 13.8. The Morgan fingerprint density at radius 1 is 1.07 bits per heavy atom. The predicted octanol–water partition coefficient (Wildman–Crippen LogP) is 4.11. The summed E-state index contributed by atoms with van der Waals surface area (Å²) in [5.74, 6) is 1.31. The number of nitrogens with zero attached hydrogens (tertiary/aromatic N) is 1. The van der Waals surface area contributed by atoms with Gasteiger partial charge in [0.2, 0.25) is 0 Å². The van der Waals surface area contributed by atoms with E-state index in [1.165, 1.54) is 0 Å². The highest BCUT2D eigenvalue weighted by Crippen LogP contribution is 2.32. The molecule has 2 aromatic rings. The number of benzene rings is 1. The fourth-order valence-electron chi connectivity index (χ4n) is 2.92. The van der Waals surface area contributed by atoms with E-state index in [-0.39, 0.29) is 6.03 Å². The van der Waals surface area contributed by atoms with Crippen molar-refractivity contribution < 1.29 is 14.3 Å². The number of hydrogen-bond donors (Lipinski definition) is 3. The van der Waals surface area contributed by atoms with Crippen molar-refractivity contribution in [3.63, 3.8) is 0 Å². The Bertz CT molecular complexity index is 927. The van der Waals surface area contributed by atoms with Gasteiger partial charge in [-0.05, 0) is 25.0 Å². The first kappa shape index (κ1) is 17.0. The first-order valence-electron chi connectivity index (χ1n) is 8.85. The van der Waals surface area contributed by atoms with Crippen molar-refractivity contribution in [3.8, 4) is 11.5 Å². The lowest BCUT2D eigenvalue weighted by atomic mass is 10.1. The lowest BCUT2D eigenvalue weighted by Gasteiger charge is -2.19. The van der Waals surface area contributed by atoms with E-state index in [1.54, 1.807) is 24.4 Å². The zero-order chi connectivity index (χ0) is 18.5. The van der Waals surface area contributed by atoms with E-state index >= 15 is 0 Å². The van der Waals surface area contributed by atoms with Gasteiger partial charge in [-0.1, -0.05) is 30.4 Å². The Hall–Kier alpha value is -3.48. The number of aromatic nitrogens is 2. The van der Waals surface area contributed by atoms with Gasteiger partial charge < -0.3 is 20.1 Å². The number of fused-ring (bicyclic) bond motifs is 1. The van der Waals surface area contributed by atoms with Crippen LogP contribution in [0.4, 0.5) is 16.2 Å². The summed E-state index contributed by atoms with van der Waals surface area (Å²) >= 11 is 0. The Labute approximate surface area is 156 Å². The number of carbonyl (C=O) groups is 1. The first-order chi connectivity index (χ1) is 13.3. The highest BCUT2D eigenvalue weighted by atomic mass is 16.6. The number of anilines is 2. The van der Waals surface area contributed by atoms with Crippen molar-refractivity contribution >= 4 is 23.0 Å². The Kier molecular flexibility index (Phi) is 4.91. The maximum absolute atomic E-state index is 12.4. The normalized spacial score (nSPS) is 19.8. The van der Waals surface area contributed by atoms with Gasteiger partial charge in [-0.15, -0.1) is 0 Å². The quantitative estimate of drug-likeness (QED) is 0.765. The standard InChI is InChI=1S/C20H20N4O3/c25-20(22-15-8-9-17-18(12-15)27-11-10-26-17)23-16-13-21-24-19(16)14-6-4-2-1-3-5-7-14/h1-2,4,6-9,12-13H,3,5,10-11H2,(H,21,24)(H2,22,23,25)/b2-1+,6-4-,14-7+.